The average Bonchev–Trinajstić information content (AvgIpc) is 3.03. The van der Waals surface area contributed by atoms with Gasteiger partial charge in [0, 0.05) is 43.3 Å². The highest BCUT2D eigenvalue weighted by molar-refractivity contribution is 5.94. The lowest BCUT2D eigenvalue weighted by Gasteiger charge is -2.32. The standard InChI is InChI=1S/C17H19N5O2/c23-15(12-1-6-18-7-2-12)20-14-11-17(14)4-9-22(10-5-17)16(24)13-3-8-19-21-13/h1-3,6-8,14H,4-5,9-11H2,(H,19,21)(H,20,23). The molecule has 7 heteroatoms. The van der Waals surface area contributed by atoms with Crippen molar-refractivity contribution < 1.29 is 9.59 Å². The molecule has 1 atom stereocenters. The Hall–Kier alpha value is -2.70. The number of carbonyl (C=O) groups is 2. The van der Waals surface area contributed by atoms with Crippen molar-refractivity contribution in [2.24, 2.45) is 5.41 Å². The largest absolute Gasteiger partial charge is 0.349 e. The van der Waals surface area contributed by atoms with Gasteiger partial charge in [0.05, 0.1) is 0 Å². The molecule has 1 saturated heterocycles. The molecule has 3 heterocycles. The lowest BCUT2D eigenvalue weighted by molar-refractivity contribution is 0.0662. The molecule has 2 fully saturated rings. The molecule has 2 amide bonds. The topological polar surface area (TPSA) is 91.0 Å². The third-order valence-electron chi connectivity index (χ3n) is 5.22. The molecule has 2 aliphatic rings. The fourth-order valence-electron chi connectivity index (χ4n) is 3.55. The first kappa shape index (κ1) is 14.9. The van der Waals surface area contributed by atoms with Gasteiger partial charge in [0.15, 0.2) is 0 Å². The lowest BCUT2D eigenvalue weighted by atomic mass is 9.92. The van der Waals surface area contributed by atoms with Gasteiger partial charge < -0.3 is 10.2 Å². The van der Waals surface area contributed by atoms with Crippen molar-refractivity contribution in [2.75, 3.05) is 13.1 Å². The van der Waals surface area contributed by atoms with Crippen LogP contribution in [-0.2, 0) is 0 Å². The molecular formula is C17H19N5O2. The van der Waals surface area contributed by atoms with E-state index in [0.717, 1.165) is 32.4 Å². The maximum absolute atomic E-state index is 12.3. The SMILES string of the molecule is O=C(NC1CC12CCN(C(=O)c1ccn[nH]1)CC2)c1ccncc1. The van der Waals surface area contributed by atoms with Gasteiger partial charge in [0.1, 0.15) is 5.69 Å². The summed E-state index contributed by atoms with van der Waals surface area (Å²) in [6.07, 6.45) is 7.68. The molecule has 1 saturated carbocycles. The summed E-state index contributed by atoms with van der Waals surface area (Å²) < 4.78 is 0. The number of hydrogen-bond acceptors (Lipinski definition) is 4. The van der Waals surface area contributed by atoms with E-state index in [-0.39, 0.29) is 23.3 Å². The molecule has 1 spiro atoms. The first-order valence-electron chi connectivity index (χ1n) is 8.17. The molecule has 2 aromatic heterocycles. The summed E-state index contributed by atoms with van der Waals surface area (Å²) in [7, 11) is 0. The van der Waals surface area contributed by atoms with Crippen LogP contribution in [0, 0.1) is 5.41 Å². The summed E-state index contributed by atoms with van der Waals surface area (Å²) in [6, 6.07) is 5.34. The van der Waals surface area contributed by atoms with Gasteiger partial charge in [-0.1, -0.05) is 0 Å². The first-order valence-corrected chi connectivity index (χ1v) is 8.17. The Balaban J connectivity index is 1.32. The van der Waals surface area contributed by atoms with Gasteiger partial charge in [-0.15, -0.1) is 0 Å². The highest BCUT2D eigenvalue weighted by Gasteiger charge is 2.56. The molecule has 1 aliphatic heterocycles. The molecule has 1 unspecified atom stereocenters. The van der Waals surface area contributed by atoms with E-state index < -0.39 is 0 Å². The van der Waals surface area contributed by atoms with Gasteiger partial charge in [0.25, 0.3) is 11.8 Å². The molecule has 7 nitrogen and oxygen atoms in total. The third kappa shape index (κ3) is 2.66. The van der Waals surface area contributed by atoms with Crippen LogP contribution >= 0.6 is 0 Å². The minimum atomic E-state index is -0.0461. The average molecular weight is 325 g/mol. The fraction of sp³-hybridized carbons (Fsp3) is 0.412. The number of pyridine rings is 1. The Kier molecular flexibility index (Phi) is 3.55. The van der Waals surface area contributed by atoms with Gasteiger partial charge in [-0.05, 0) is 42.9 Å². The molecule has 0 aromatic carbocycles. The van der Waals surface area contributed by atoms with Crippen molar-refractivity contribution in [1.29, 1.82) is 0 Å². The number of nitrogens with one attached hydrogen (secondary N) is 2. The number of aromatic nitrogens is 3. The summed E-state index contributed by atoms with van der Waals surface area (Å²) in [5.74, 6) is -0.0457. The second-order valence-electron chi connectivity index (χ2n) is 6.59. The number of amides is 2. The van der Waals surface area contributed by atoms with Gasteiger partial charge in [-0.2, -0.15) is 5.10 Å². The maximum Gasteiger partial charge on any atom is 0.271 e. The summed E-state index contributed by atoms with van der Waals surface area (Å²) in [6.45, 7) is 1.44. The zero-order chi connectivity index (χ0) is 16.6. The molecule has 0 radical (unpaired) electrons. The number of rotatable bonds is 3. The Morgan fingerprint density at radius 3 is 2.58 bits per heavy atom. The zero-order valence-corrected chi connectivity index (χ0v) is 13.2. The fourth-order valence-corrected chi connectivity index (χ4v) is 3.55. The highest BCUT2D eigenvalue weighted by Crippen LogP contribution is 2.54. The normalized spacial score (nSPS) is 21.5. The van der Waals surface area contributed by atoms with Crippen molar-refractivity contribution >= 4 is 11.8 Å². The summed E-state index contributed by atoms with van der Waals surface area (Å²) in [4.78, 5) is 30.3. The van der Waals surface area contributed by atoms with Crippen molar-refractivity contribution in [3.63, 3.8) is 0 Å². The number of likely N-dealkylation sites (tertiary alicyclic amines) is 1. The molecule has 2 aromatic rings. The van der Waals surface area contributed by atoms with E-state index in [9.17, 15) is 9.59 Å². The minimum Gasteiger partial charge on any atom is -0.349 e. The van der Waals surface area contributed by atoms with Gasteiger partial charge in [0.2, 0.25) is 0 Å². The van der Waals surface area contributed by atoms with E-state index in [1.54, 1.807) is 36.8 Å². The number of carbonyl (C=O) groups excluding carboxylic acids is 2. The number of H-pyrrole nitrogens is 1. The highest BCUT2D eigenvalue weighted by atomic mass is 16.2. The van der Waals surface area contributed by atoms with Crippen molar-refractivity contribution in [3.8, 4) is 0 Å². The predicted molar refractivity (Wildman–Crippen MR) is 86.3 cm³/mol. The van der Waals surface area contributed by atoms with Crippen molar-refractivity contribution in [2.45, 2.75) is 25.3 Å². The van der Waals surface area contributed by atoms with E-state index in [1.807, 2.05) is 4.90 Å². The molecule has 1 aliphatic carbocycles. The summed E-state index contributed by atoms with van der Waals surface area (Å²) in [5, 5.41) is 9.66. The van der Waals surface area contributed by atoms with Crippen molar-refractivity contribution in [3.05, 3.63) is 48.0 Å². The monoisotopic (exact) mass is 325 g/mol. The number of aromatic amines is 1. The maximum atomic E-state index is 12.3. The molecule has 4 rings (SSSR count). The van der Waals surface area contributed by atoms with Crippen LogP contribution in [0.2, 0.25) is 0 Å². The van der Waals surface area contributed by atoms with Crippen LogP contribution in [0.4, 0.5) is 0 Å². The number of hydrogen-bond donors (Lipinski definition) is 2. The quantitative estimate of drug-likeness (QED) is 0.888. The number of piperidine rings is 1. The van der Waals surface area contributed by atoms with Crippen LogP contribution in [0.3, 0.4) is 0 Å². The second-order valence-corrected chi connectivity index (χ2v) is 6.59. The van der Waals surface area contributed by atoms with Crippen LogP contribution in [-0.4, -0.2) is 51.0 Å². The van der Waals surface area contributed by atoms with Gasteiger partial charge in [-0.25, -0.2) is 0 Å². The smallest absolute Gasteiger partial charge is 0.271 e. The van der Waals surface area contributed by atoms with E-state index in [2.05, 4.69) is 20.5 Å². The predicted octanol–water partition coefficient (Wildman–Crippen LogP) is 1.23. The van der Waals surface area contributed by atoms with E-state index in [0.29, 0.717) is 11.3 Å². The Bertz CT molecular complexity index is 736. The molecule has 2 N–H and O–H groups in total. The van der Waals surface area contributed by atoms with Crippen LogP contribution in [0.25, 0.3) is 0 Å². The van der Waals surface area contributed by atoms with Crippen LogP contribution in [0.5, 0.6) is 0 Å². The Morgan fingerprint density at radius 1 is 1.17 bits per heavy atom. The molecular weight excluding hydrogens is 306 g/mol. The van der Waals surface area contributed by atoms with Crippen LogP contribution < -0.4 is 5.32 Å². The van der Waals surface area contributed by atoms with Crippen molar-refractivity contribution in [1.82, 2.24) is 25.4 Å². The summed E-state index contributed by atoms with van der Waals surface area (Å²) >= 11 is 0. The molecule has 24 heavy (non-hydrogen) atoms. The van der Waals surface area contributed by atoms with Gasteiger partial charge >= 0.3 is 0 Å². The van der Waals surface area contributed by atoms with Gasteiger partial charge in [-0.3, -0.25) is 19.7 Å². The molecule has 0 bridgehead atoms. The first-order chi connectivity index (χ1) is 11.7. The van der Waals surface area contributed by atoms with Crippen LogP contribution in [0.15, 0.2) is 36.8 Å². The van der Waals surface area contributed by atoms with E-state index in [4.69, 9.17) is 0 Å². The molecule has 124 valence electrons. The lowest BCUT2D eigenvalue weighted by Crippen LogP contribution is -2.41. The summed E-state index contributed by atoms with van der Waals surface area (Å²) in [5.41, 5.74) is 1.33. The van der Waals surface area contributed by atoms with E-state index in [1.165, 1.54) is 0 Å². The van der Waals surface area contributed by atoms with E-state index >= 15 is 0 Å². The Morgan fingerprint density at radius 2 is 1.92 bits per heavy atom. The third-order valence-corrected chi connectivity index (χ3v) is 5.22. The second kappa shape index (κ2) is 5.74. The minimum absolute atomic E-state index is 0.000344. The number of nitrogens with zero attached hydrogens (tertiary/aromatic N) is 3. The van der Waals surface area contributed by atoms with Crippen LogP contribution in [0.1, 0.15) is 40.1 Å². The zero-order valence-electron chi connectivity index (χ0n) is 13.2. The Labute approximate surface area is 139 Å².